The quantitative estimate of drug-likeness (QED) is 0.579. The number of likely N-dealkylation sites (N-methyl/N-ethyl adjacent to an activating group) is 1. The first-order valence-corrected chi connectivity index (χ1v) is 8.13. The highest BCUT2D eigenvalue weighted by molar-refractivity contribution is 7.98. The molecule has 1 N–H and O–H groups in total. The van der Waals surface area contributed by atoms with Crippen molar-refractivity contribution in [1.82, 2.24) is 10.2 Å². The molecule has 3 nitrogen and oxygen atoms in total. The topological polar surface area (TPSA) is 32.3 Å². The molecular formula is C13H28N2OS. The second kappa shape index (κ2) is 12.2. The smallest absolute Gasteiger partial charge is 0.236 e. The van der Waals surface area contributed by atoms with Gasteiger partial charge in [-0.3, -0.25) is 4.79 Å². The van der Waals surface area contributed by atoms with Gasteiger partial charge in [0.25, 0.3) is 0 Å². The van der Waals surface area contributed by atoms with Gasteiger partial charge < -0.3 is 10.2 Å². The summed E-state index contributed by atoms with van der Waals surface area (Å²) in [5.74, 6) is 1.49. The number of hydrogen-bond donors (Lipinski definition) is 1. The number of thioether (sulfide) groups is 1. The number of rotatable bonds is 11. The molecule has 0 aliphatic heterocycles. The summed E-state index contributed by atoms with van der Waals surface area (Å²) in [6.07, 6.45) is 7.24. The molecule has 0 aromatic carbocycles. The van der Waals surface area contributed by atoms with E-state index in [2.05, 4.69) is 11.6 Å². The first-order valence-electron chi connectivity index (χ1n) is 6.73. The van der Waals surface area contributed by atoms with Crippen molar-refractivity contribution in [2.24, 2.45) is 0 Å². The molecule has 0 saturated heterocycles. The molecule has 0 radical (unpaired) electrons. The Morgan fingerprint density at radius 2 is 1.76 bits per heavy atom. The van der Waals surface area contributed by atoms with E-state index in [9.17, 15) is 4.79 Å². The zero-order chi connectivity index (χ0) is 12.9. The summed E-state index contributed by atoms with van der Waals surface area (Å²) in [5.41, 5.74) is 0. The molecule has 0 aliphatic carbocycles. The van der Waals surface area contributed by atoms with Crippen LogP contribution in [-0.4, -0.2) is 49.0 Å². The highest BCUT2D eigenvalue weighted by Gasteiger charge is 2.07. The SMILES string of the molecule is CCN(CC)C(=O)CNCCCCCCSC. The van der Waals surface area contributed by atoms with Crippen molar-refractivity contribution in [2.45, 2.75) is 39.5 Å². The fraction of sp³-hybridized carbons (Fsp3) is 0.923. The molecular weight excluding hydrogens is 232 g/mol. The molecule has 0 aliphatic rings. The molecule has 0 aromatic rings. The Hall–Kier alpha value is -0.220. The zero-order valence-corrected chi connectivity index (χ0v) is 12.4. The summed E-state index contributed by atoms with van der Waals surface area (Å²) in [4.78, 5) is 13.5. The molecule has 0 saturated carbocycles. The van der Waals surface area contributed by atoms with Gasteiger partial charge in [-0.1, -0.05) is 12.8 Å². The van der Waals surface area contributed by atoms with Crippen molar-refractivity contribution < 1.29 is 4.79 Å². The summed E-state index contributed by atoms with van der Waals surface area (Å²) in [5, 5.41) is 3.23. The Kier molecular flexibility index (Phi) is 12.1. The minimum atomic E-state index is 0.220. The van der Waals surface area contributed by atoms with Crippen LogP contribution in [0.3, 0.4) is 0 Å². The van der Waals surface area contributed by atoms with E-state index in [1.54, 1.807) is 0 Å². The van der Waals surface area contributed by atoms with Crippen molar-refractivity contribution in [3.63, 3.8) is 0 Å². The fourth-order valence-corrected chi connectivity index (χ4v) is 2.23. The van der Waals surface area contributed by atoms with Gasteiger partial charge in [-0.05, 0) is 45.2 Å². The lowest BCUT2D eigenvalue weighted by Gasteiger charge is -2.18. The summed E-state index contributed by atoms with van der Waals surface area (Å²) >= 11 is 1.92. The van der Waals surface area contributed by atoms with Crippen molar-refractivity contribution >= 4 is 17.7 Å². The van der Waals surface area contributed by atoms with Crippen LogP contribution in [0.1, 0.15) is 39.5 Å². The van der Waals surface area contributed by atoms with Crippen molar-refractivity contribution in [2.75, 3.05) is 38.2 Å². The number of carbonyl (C=O) groups excluding carboxylic acids is 1. The van der Waals surface area contributed by atoms with Crippen molar-refractivity contribution in [3.05, 3.63) is 0 Å². The predicted molar refractivity (Wildman–Crippen MR) is 77.6 cm³/mol. The van der Waals surface area contributed by atoms with Gasteiger partial charge in [-0.15, -0.1) is 0 Å². The van der Waals surface area contributed by atoms with Gasteiger partial charge in [-0.2, -0.15) is 11.8 Å². The van der Waals surface area contributed by atoms with Gasteiger partial charge >= 0.3 is 0 Å². The molecule has 0 spiro atoms. The van der Waals surface area contributed by atoms with Crippen LogP contribution in [0.4, 0.5) is 0 Å². The molecule has 1 amide bonds. The Bertz CT molecular complexity index is 184. The number of carbonyl (C=O) groups is 1. The Balaban J connectivity index is 3.30. The summed E-state index contributed by atoms with van der Waals surface area (Å²) in [7, 11) is 0. The van der Waals surface area contributed by atoms with Crippen LogP contribution in [0, 0.1) is 0 Å². The van der Waals surface area contributed by atoms with Crippen LogP contribution in [0.2, 0.25) is 0 Å². The van der Waals surface area contributed by atoms with Crippen LogP contribution in [0.5, 0.6) is 0 Å². The van der Waals surface area contributed by atoms with E-state index in [4.69, 9.17) is 0 Å². The van der Waals surface area contributed by atoms with E-state index >= 15 is 0 Å². The van der Waals surface area contributed by atoms with Gasteiger partial charge in [0.05, 0.1) is 6.54 Å². The average molecular weight is 260 g/mol. The predicted octanol–water partition coefficient (Wildman–Crippen LogP) is 2.37. The lowest BCUT2D eigenvalue weighted by atomic mass is 10.2. The first-order chi connectivity index (χ1) is 8.26. The third-order valence-corrected chi connectivity index (χ3v) is 3.54. The highest BCUT2D eigenvalue weighted by Crippen LogP contribution is 2.03. The van der Waals surface area contributed by atoms with Gasteiger partial charge in [0.1, 0.15) is 0 Å². The van der Waals surface area contributed by atoms with Gasteiger partial charge in [-0.25, -0.2) is 0 Å². The zero-order valence-electron chi connectivity index (χ0n) is 11.6. The maximum absolute atomic E-state index is 11.6. The van der Waals surface area contributed by atoms with E-state index in [1.807, 2.05) is 30.5 Å². The summed E-state index contributed by atoms with van der Waals surface area (Å²) in [6.45, 7) is 7.12. The number of nitrogens with one attached hydrogen (secondary N) is 1. The fourth-order valence-electron chi connectivity index (χ4n) is 1.73. The maximum atomic E-state index is 11.6. The number of amides is 1. The lowest BCUT2D eigenvalue weighted by Crippen LogP contribution is -2.38. The minimum Gasteiger partial charge on any atom is -0.342 e. The van der Waals surface area contributed by atoms with Crippen LogP contribution < -0.4 is 5.32 Å². The van der Waals surface area contributed by atoms with Crippen molar-refractivity contribution in [1.29, 1.82) is 0 Å². The third kappa shape index (κ3) is 9.48. The molecule has 0 atom stereocenters. The van der Waals surface area contributed by atoms with Crippen molar-refractivity contribution in [3.8, 4) is 0 Å². The maximum Gasteiger partial charge on any atom is 0.236 e. The Labute approximate surface area is 111 Å². The minimum absolute atomic E-state index is 0.220. The van der Waals surface area contributed by atoms with Gasteiger partial charge in [0, 0.05) is 13.1 Å². The Morgan fingerprint density at radius 3 is 2.35 bits per heavy atom. The van der Waals surface area contributed by atoms with Crippen LogP contribution in [-0.2, 0) is 4.79 Å². The van der Waals surface area contributed by atoms with Crippen LogP contribution in [0.25, 0.3) is 0 Å². The average Bonchev–Trinajstić information content (AvgIpc) is 2.34. The molecule has 0 bridgehead atoms. The highest BCUT2D eigenvalue weighted by atomic mass is 32.2. The monoisotopic (exact) mass is 260 g/mol. The lowest BCUT2D eigenvalue weighted by molar-refractivity contribution is -0.129. The molecule has 102 valence electrons. The molecule has 4 heteroatoms. The number of unbranched alkanes of at least 4 members (excludes halogenated alkanes) is 3. The van der Waals surface area contributed by atoms with E-state index in [0.29, 0.717) is 6.54 Å². The summed E-state index contributed by atoms with van der Waals surface area (Å²) < 4.78 is 0. The van der Waals surface area contributed by atoms with E-state index in [0.717, 1.165) is 19.6 Å². The second-order valence-corrected chi connectivity index (χ2v) is 5.14. The van der Waals surface area contributed by atoms with Gasteiger partial charge in [0.15, 0.2) is 0 Å². The number of nitrogens with zero attached hydrogens (tertiary/aromatic N) is 1. The molecule has 0 rings (SSSR count). The van der Waals surface area contributed by atoms with Crippen LogP contribution >= 0.6 is 11.8 Å². The number of hydrogen-bond acceptors (Lipinski definition) is 3. The Morgan fingerprint density at radius 1 is 1.12 bits per heavy atom. The van der Waals surface area contributed by atoms with Gasteiger partial charge in [0.2, 0.25) is 5.91 Å². The molecule has 0 fully saturated rings. The molecule has 0 aromatic heterocycles. The largest absolute Gasteiger partial charge is 0.342 e. The summed E-state index contributed by atoms with van der Waals surface area (Å²) in [6, 6.07) is 0. The molecule has 17 heavy (non-hydrogen) atoms. The van der Waals surface area contributed by atoms with Crippen LogP contribution in [0.15, 0.2) is 0 Å². The van der Waals surface area contributed by atoms with E-state index in [-0.39, 0.29) is 5.91 Å². The molecule has 0 heterocycles. The van der Waals surface area contributed by atoms with E-state index in [1.165, 1.54) is 31.4 Å². The first kappa shape index (κ1) is 16.8. The molecule has 0 unspecified atom stereocenters. The van der Waals surface area contributed by atoms with E-state index < -0.39 is 0 Å². The normalized spacial score (nSPS) is 10.5. The third-order valence-electron chi connectivity index (χ3n) is 2.84. The standard InChI is InChI=1S/C13H28N2OS/c1-4-15(5-2)13(16)12-14-10-8-6-7-9-11-17-3/h14H,4-12H2,1-3H3. The second-order valence-electron chi connectivity index (χ2n) is 4.15.